The number of amides is 1. The number of thiophene rings is 1. The number of rotatable bonds is 5. The second-order valence-corrected chi connectivity index (χ2v) is 6.53. The fourth-order valence-electron chi connectivity index (χ4n) is 2.43. The predicted molar refractivity (Wildman–Crippen MR) is 103 cm³/mol. The number of carbonyl (C=O) groups is 1. The quantitative estimate of drug-likeness (QED) is 0.719. The molecule has 0 bridgehead atoms. The van der Waals surface area contributed by atoms with Crippen molar-refractivity contribution in [3.8, 4) is 16.3 Å². The lowest BCUT2D eigenvalue weighted by molar-refractivity contribution is -0.119. The summed E-state index contributed by atoms with van der Waals surface area (Å²) in [5.41, 5.74) is 6.44. The average molecular weight is 370 g/mol. The molecule has 134 valence electrons. The first-order chi connectivity index (χ1) is 12.5. The Morgan fingerprint density at radius 3 is 2.77 bits per heavy atom. The van der Waals surface area contributed by atoms with Gasteiger partial charge >= 0.3 is 0 Å². The maximum absolute atomic E-state index is 12.6. The van der Waals surface area contributed by atoms with E-state index in [0.29, 0.717) is 17.1 Å². The third kappa shape index (κ3) is 3.45. The monoisotopic (exact) mass is 370 g/mol. The smallest absolute Gasteiger partial charge is 0.290 e. The number of hydrogen-bond donors (Lipinski definition) is 2. The third-order valence-corrected chi connectivity index (χ3v) is 4.74. The van der Waals surface area contributed by atoms with E-state index in [4.69, 9.17) is 10.5 Å². The molecule has 7 nitrogen and oxygen atoms in total. The van der Waals surface area contributed by atoms with E-state index in [1.54, 1.807) is 31.2 Å². The molecule has 26 heavy (non-hydrogen) atoms. The van der Waals surface area contributed by atoms with Gasteiger partial charge in [-0.3, -0.25) is 9.59 Å². The van der Waals surface area contributed by atoms with Gasteiger partial charge in [0.25, 0.3) is 5.56 Å². The molecule has 0 spiro atoms. The number of nitrogens with zero attached hydrogens (tertiary/aromatic N) is 2. The van der Waals surface area contributed by atoms with Crippen LogP contribution in [0.25, 0.3) is 10.6 Å². The van der Waals surface area contributed by atoms with E-state index < -0.39 is 17.5 Å². The normalized spacial score (nSPS) is 11.8. The minimum Gasteiger partial charge on any atom is -0.495 e. The van der Waals surface area contributed by atoms with Gasteiger partial charge in [-0.05, 0) is 36.6 Å². The van der Waals surface area contributed by atoms with Crippen molar-refractivity contribution in [3.63, 3.8) is 0 Å². The van der Waals surface area contributed by atoms with Gasteiger partial charge in [-0.1, -0.05) is 18.2 Å². The minimum absolute atomic E-state index is 0.0420. The zero-order chi connectivity index (χ0) is 18.7. The highest BCUT2D eigenvalue weighted by atomic mass is 32.1. The molecule has 0 aliphatic rings. The number of aromatic nitrogens is 2. The molecule has 0 saturated carbocycles. The largest absolute Gasteiger partial charge is 0.495 e. The molecule has 1 atom stereocenters. The molecule has 3 rings (SSSR count). The highest BCUT2D eigenvalue weighted by Gasteiger charge is 2.21. The van der Waals surface area contributed by atoms with Crippen molar-refractivity contribution < 1.29 is 9.53 Å². The Morgan fingerprint density at radius 2 is 2.08 bits per heavy atom. The number of ether oxygens (including phenoxy) is 1. The molecule has 3 aromatic rings. The van der Waals surface area contributed by atoms with Crippen molar-refractivity contribution in [2.75, 3.05) is 18.2 Å². The van der Waals surface area contributed by atoms with Gasteiger partial charge in [-0.25, -0.2) is 4.68 Å². The van der Waals surface area contributed by atoms with E-state index in [2.05, 4.69) is 10.4 Å². The van der Waals surface area contributed by atoms with Gasteiger partial charge < -0.3 is 15.8 Å². The lowest BCUT2D eigenvalue weighted by Gasteiger charge is -2.16. The zero-order valence-electron chi connectivity index (χ0n) is 14.3. The number of benzene rings is 1. The number of nitrogens with one attached hydrogen (secondary N) is 1. The highest BCUT2D eigenvalue weighted by molar-refractivity contribution is 7.13. The van der Waals surface area contributed by atoms with Crippen LogP contribution in [0.5, 0.6) is 5.75 Å². The molecule has 0 fully saturated rings. The lowest BCUT2D eigenvalue weighted by Crippen LogP contribution is -2.34. The molecule has 1 aromatic carbocycles. The molecule has 0 aliphatic carbocycles. The molecule has 0 radical (unpaired) electrons. The van der Waals surface area contributed by atoms with E-state index in [1.807, 2.05) is 17.5 Å². The van der Waals surface area contributed by atoms with Gasteiger partial charge in [0, 0.05) is 0 Å². The number of carbonyl (C=O) groups excluding carboxylic acids is 1. The maximum atomic E-state index is 12.6. The Labute approximate surface area is 154 Å². The Kier molecular flexibility index (Phi) is 5.04. The van der Waals surface area contributed by atoms with Crippen molar-refractivity contribution >= 4 is 28.6 Å². The second-order valence-electron chi connectivity index (χ2n) is 5.58. The van der Waals surface area contributed by atoms with Crippen LogP contribution in [0.4, 0.5) is 11.4 Å². The summed E-state index contributed by atoms with van der Waals surface area (Å²) in [6.45, 7) is 1.59. The number of hydrogen-bond acceptors (Lipinski definition) is 6. The van der Waals surface area contributed by atoms with E-state index in [0.717, 1.165) is 9.56 Å². The molecule has 3 N–H and O–H groups in total. The number of para-hydroxylation sites is 2. The first-order valence-electron chi connectivity index (χ1n) is 7.88. The topological polar surface area (TPSA) is 99.2 Å². The molecule has 1 amide bonds. The Morgan fingerprint density at radius 1 is 1.31 bits per heavy atom. The van der Waals surface area contributed by atoms with Crippen molar-refractivity contribution in [2.24, 2.45) is 0 Å². The van der Waals surface area contributed by atoms with Gasteiger partial charge in [-0.15, -0.1) is 11.3 Å². The molecule has 8 heteroatoms. The van der Waals surface area contributed by atoms with Crippen molar-refractivity contribution in [1.29, 1.82) is 0 Å². The number of nitrogen functional groups attached to an aromatic ring is 1. The molecule has 0 aliphatic heterocycles. The molecule has 0 saturated heterocycles. The van der Waals surface area contributed by atoms with Crippen LogP contribution < -0.4 is 21.3 Å². The second kappa shape index (κ2) is 7.40. The van der Waals surface area contributed by atoms with Crippen LogP contribution in [0.2, 0.25) is 0 Å². The number of anilines is 2. The summed E-state index contributed by atoms with van der Waals surface area (Å²) in [4.78, 5) is 25.9. The third-order valence-electron chi connectivity index (χ3n) is 3.85. The Balaban J connectivity index is 1.93. The van der Waals surface area contributed by atoms with Crippen LogP contribution in [0.15, 0.2) is 52.6 Å². The van der Waals surface area contributed by atoms with Crippen molar-refractivity contribution in [3.05, 3.63) is 58.2 Å². The van der Waals surface area contributed by atoms with Crippen LogP contribution >= 0.6 is 11.3 Å². The SMILES string of the molecule is COc1ccccc1NC(=O)[C@@H](C)n1nc(-c2cccs2)cc(N)c1=O. The number of methoxy groups -OCH3 is 1. The zero-order valence-corrected chi connectivity index (χ0v) is 15.1. The fourth-order valence-corrected chi connectivity index (χ4v) is 3.12. The molecular formula is C18H18N4O3S. The lowest BCUT2D eigenvalue weighted by atomic mass is 10.2. The summed E-state index contributed by atoms with van der Waals surface area (Å²) < 4.78 is 6.33. The van der Waals surface area contributed by atoms with E-state index >= 15 is 0 Å². The Bertz CT molecular complexity index is 982. The maximum Gasteiger partial charge on any atom is 0.290 e. The minimum atomic E-state index is -0.852. The van der Waals surface area contributed by atoms with Crippen molar-refractivity contribution in [1.82, 2.24) is 9.78 Å². The number of nitrogens with two attached hydrogens (primary N) is 1. The summed E-state index contributed by atoms with van der Waals surface area (Å²) in [7, 11) is 1.52. The summed E-state index contributed by atoms with van der Waals surface area (Å²) in [6, 6.07) is 11.5. The van der Waals surface area contributed by atoms with E-state index in [9.17, 15) is 9.59 Å². The summed E-state index contributed by atoms with van der Waals surface area (Å²) in [5.74, 6) is 0.132. The van der Waals surface area contributed by atoms with Gasteiger partial charge in [0.05, 0.1) is 17.7 Å². The van der Waals surface area contributed by atoms with E-state index in [-0.39, 0.29) is 5.69 Å². The van der Waals surface area contributed by atoms with E-state index in [1.165, 1.54) is 24.5 Å². The summed E-state index contributed by atoms with van der Waals surface area (Å²) in [5, 5.41) is 8.99. The highest BCUT2D eigenvalue weighted by Crippen LogP contribution is 2.25. The van der Waals surface area contributed by atoms with Gasteiger partial charge in [0.15, 0.2) is 0 Å². The molecule has 2 aromatic heterocycles. The van der Waals surface area contributed by atoms with Gasteiger partial charge in [0.1, 0.15) is 23.2 Å². The first-order valence-corrected chi connectivity index (χ1v) is 8.76. The first kappa shape index (κ1) is 17.7. The summed E-state index contributed by atoms with van der Waals surface area (Å²) >= 11 is 1.48. The van der Waals surface area contributed by atoms with Crippen LogP contribution in [-0.4, -0.2) is 22.8 Å². The van der Waals surface area contributed by atoms with Crippen LogP contribution in [0, 0.1) is 0 Å². The van der Waals surface area contributed by atoms with Crippen LogP contribution in [-0.2, 0) is 4.79 Å². The van der Waals surface area contributed by atoms with Crippen molar-refractivity contribution in [2.45, 2.75) is 13.0 Å². The molecule has 2 heterocycles. The standard InChI is InChI=1S/C18H18N4O3S/c1-11(17(23)20-13-6-3-4-7-15(13)25-2)22-18(24)12(19)10-14(21-22)16-8-5-9-26-16/h3-11H,19H2,1-2H3,(H,20,23)/t11-/m1/s1. The average Bonchev–Trinajstić information content (AvgIpc) is 3.18. The van der Waals surface area contributed by atoms with Crippen LogP contribution in [0.3, 0.4) is 0 Å². The van der Waals surface area contributed by atoms with Crippen LogP contribution in [0.1, 0.15) is 13.0 Å². The molecule has 0 unspecified atom stereocenters. The van der Waals surface area contributed by atoms with Gasteiger partial charge in [0.2, 0.25) is 5.91 Å². The fraction of sp³-hybridized carbons (Fsp3) is 0.167. The molecular weight excluding hydrogens is 352 g/mol. The van der Waals surface area contributed by atoms with Gasteiger partial charge in [-0.2, -0.15) is 5.10 Å². The summed E-state index contributed by atoms with van der Waals surface area (Å²) in [6.07, 6.45) is 0. The Hall–Kier alpha value is -3.13. The predicted octanol–water partition coefficient (Wildman–Crippen LogP) is 2.76.